The summed E-state index contributed by atoms with van der Waals surface area (Å²) in [6, 6.07) is 9.21. The first-order chi connectivity index (χ1) is 14.5. The van der Waals surface area contributed by atoms with E-state index in [1.54, 1.807) is 43.6 Å². The van der Waals surface area contributed by atoms with Gasteiger partial charge in [0.25, 0.3) is 5.91 Å². The van der Waals surface area contributed by atoms with Crippen LogP contribution in [0.1, 0.15) is 30.3 Å². The molecule has 1 aromatic carbocycles. The molecule has 1 aliphatic heterocycles. The summed E-state index contributed by atoms with van der Waals surface area (Å²) in [6.45, 7) is 3.14. The largest absolute Gasteiger partial charge is 0.457 e. The minimum Gasteiger partial charge on any atom is -0.457 e. The molecule has 156 valence electrons. The van der Waals surface area contributed by atoms with Gasteiger partial charge in [0.05, 0.1) is 10.2 Å². The predicted octanol–water partition coefficient (Wildman–Crippen LogP) is 3.27. The van der Waals surface area contributed by atoms with Crippen molar-refractivity contribution < 1.29 is 14.3 Å². The number of pyridine rings is 1. The number of aromatic nitrogens is 2. The van der Waals surface area contributed by atoms with Crippen molar-refractivity contribution in [1.29, 1.82) is 0 Å². The van der Waals surface area contributed by atoms with Crippen molar-refractivity contribution in [3.05, 3.63) is 42.2 Å². The Hall–Kier alpha value is -3.20. The monoisotopic (exact) mass is 425 g/mol. The van der Waals surface area contributed by atoms with Gasteiger partial charge in [-0.15, -0.1) is 0 Å². The van der Waals surface area contributed by atoms with Gasteiger partial charge in [0.15, 0.2) is 5.13 Å². The highest BCUT2D eigenvalue weighted by Gasteiger charge is 2.22. The van der Waals surface area contributed by atoms with Gasteiger partial charge in [0.1, 0.15) is 17.2 Å². The Balaban J connectivity index is 1.47. The number of piperidine rings is 1. The number of fused-ring (bicyclic) bond motifs is 1. The fourth-order valence-corrected chi connectivity index (χ4v) is 4.42. The zero-order valence-electron chi connectivity index (χ0n) is 16.8. The number of amides is 2. The Labute approximate surface area is 178 Å². The maximum atomic E-state index is 11.8. The van der Waals surface area contributed by atoms with Gasteiger partial charge in [-0.05, 0) is 31.0 Å². The second kappa shape index (κ2) is 8.66. The van der Waals surface area contributed by atoms with Crippen LogP contribution in [0, 0.1) is 0 Å². The Kier molecular flexibility index (Phi) is 5.80. The lowest BCUT2D eigenvalue weighted by molar-refractivity contribution is -0.129. The molecule has 3 heterocycles. The number of hydrogen-bond donors (Lipinski definition) is 2. The number of carbonyl (C=O) groups excluding carboxylic acids is 2. The van der Waals surface area contributed by atoms with Gasteiger partial charge in [0.2, 0.25) is 5.91 Å². The molecule has 30 heavy (non-hydrogen) atoms. The number of carbonyl (C=O) groups is 2. The third kappa shape index (κ3) is 4.51. The molecule has 1 atom stereocenters. The lowest BCUT2D eigenvalue weighted by atomic mass is 10.1. The van der Waals surface area contributed by atoms with E-state index < -0.39 is 0 Å². The molecule has 0 aliphatic carbocycles. The third-order valence-electron chi connectivity index (χ3n) is 4.98. The molecule has 4 rings (SSSR count). The van der Waals surface area contributed by atoms with Crippen LogP contribution >= 0.6 is 11.3 Å². The summed E-state index contributed by atoms with van der Waals surface area (Å²) in [7, 11) is 1.56. The van der Waals surface area contributed by atoms with E-state index in [0.29, 0.717) is 23.7 Å². The van der Waals surface area contributed by atoms with E-state index in [1.807, 2.05) is 23.1 Å². The second-order valence-corrected chi connectivity index (χ2v) is 8.19. The molecule has 2 amide bonds. The summed E-state index contributed by atoms with van der Waals surface area (Å²) in [5, 5.41) is 6.86. The molecule has 8 nitrogen and oxygen atoms in total. The number of nitrogens with one attached hydrogen (secondary N) is 2. The average Bonchev–Trinajstić information content (AvgIpc) is 3.15. The van der Waals surface area contributed by atoms with E-state index in [2.05, 4.69) is 20.6 Å². The zero-order valence-corrected chi connectivity index (χ0v) is 17.7. The predicted molar refractivity (Wildman–Crippen MR) is 116 cm³/mol. The number of thiazole rings is 1. The second-order valence-electron chi connectivity index (χ2n) is 7.16. The van der Waals surface area contributed by atoms with Crippen LogP contribution in [-0.2, 0) is 4.79 Å². The van der Waals surface area contributed by atoms with Gasteiger partial charge in [-0.2, -0.15) is 0 Å². The Morgan fingerprint density at radius 1 is 1.23 bits per heavy atom. The molecule has 1 unspecified atom stereocenters. The van der Waals surface area contributed by atoms with Gasteiger partial charge in [-0.1, -0.05) is 11.3 Å². The molecule has 1 saturated heterocycles. The zero-order chi connectivity index (χ0) is 21.1. The quantitative estimate of drug-likeness (QED) is 0.651. The van der Waals surface area contributed by atoms with E-state index >= 15 is 0 Å². The highest BCUT2D eigenvalue weighted by Crippen LogP contribution is 2.32. The maximum Gasteiger partial charge on any atom is 0.269 e. The van der Waals surface area contributed by atoms with Gasteiger partial charge >= 0.3 is 0 Å². The number of ether oxygens (including phenoxy) is 1. The standard InChI is InChI=1S/C21H23N5O3S/c1-13(27)26-9-3-4-14(12-26)24-21-25-17-6-5-15(11-19(17)30-21)29-16-7-8-23-18(10-16)20(28)22-2/h5-8,10-11,14H,3-4,9,12H2,1-2H3,(H,22,28)(H,24,25). The van der Waals surface area contributed by atoms with Crippen LogP contribution in [0.25, 0.3) is 10.2 Å². The number of rotatable bonds is 5. The van der Waals surface area contributed by atoms with Gasteiger partial charge < -0.3 is 20.3 Å². The van der Waals surface area contributed by atoms with E-state index in [4.69, 9.17) is 4.74 Å². The highest BCUT2D eigenvalue weighted by molar-refractivity contribution is 7.22. The topological polar surface area (TPSA) is 96.5 Å². The van der Waals surface area contributed by atoms with Gasteiger partial charge in [-0.25, -0.2) is 4.98 Å². The van der Waals surface area contributed by atoms with Crippen molar-refractivity contribution in [1.82, 2.24) is 20.2 Å². The molecule has 3 aromatic rings. The lowest BCUT2D eigenvalue weighted by Crippen LogP contribution is -2.44. The van der Waals surface area contributed by atoms with Crippen molar-refractivity contribution in [2.75, 3.05) is 25.5 Å². The summed E-state index contributed by atoms with van der Waals surface area (Å²) in [5.74, 6) is 1.05. The van der Waals surface area contributed by atoms with Crippen LogP contribution < -0.4 is 15.4 Å². The Bertz CT molecular complexity index is 1080. The number of likely N-dealkylation sites (tertiary alicyclic amines) is 1. The summed E-state index contributed by atoms with van der Waals surface area (Å²) in [5.41, 5.74) is 1.18. The average molecular weight is 426 g/mol. The smallest absolute Gasteiger partial charge is 0.269 e. The molecule has 0 spiro atoms. The SMILES string of the molecule is CNC(=O)c1cc(Oc2ccc3nc(NC4CCCN(C(C)=O)C4)sc3c2)ccn1. The van der Waals surface area contributed by atoms with Crippen LogP contribution in [0.4, 0.5) is 5.13 Å². The molecule has 0 radical (unpaired) electrons. The summed E-state index contributed by atoms with van der Waals surface area (Å²) < 4.78 is 6.91. The number of nitrogens with zero attached hydrogens (tertiary/aromatic N) is 3. The van der Waals surface area contributed by atoms with Gasteiger partial charge in [0, 0.05) is 51.4 Å². The van der Waals surface area contributed by atoms with Crippen molar-refractivity contribution in [3.8, 4) is 11.5 Å². The first kappa shape index (κ1) is 20.1. The number of hydrogen-bond acceptors (Lipinski definition) is 7. The Morgan fingerprint density at radius 3 is 2.87 bits per heavy atom. The highest BCUT2D eigenvalue weighted by atomic mass is 32.1. The third-order valence-corrected chi connectivity index (χ3v) is 5.93. The number of benzene rings is 1. The van der Waals surface area contributed by atoms with Crippen molar-refractivity contribution in [2.24, 2.45) is 0 Å². The normalized spacial score (nSPS) is 16.3. The first-order valence-electron chi connectivity index (χ1n) is 9.80. The van der Waals surface area contributed by atoms with Crippen molar-refractivity contribution in [3.63, 3.8) is 0 Å². The van der Waals surface area contributed by atoms with E-state index in [-0.39, 0.29) is 17.9 Å². The van der Waals surface area contributed by atoms with Crippen LogP contribution in [0.3, 0.4) is 0 Å². The first-order valence-corrected chi connectivity index (χ1v) is 10.6. The molecule has 2 aromatic heterocycles. The molecule has 0 saturated carbocycles. The molecule has 2 N–H and O–H groups in total. The summed E-state index contributed by atoms with van der Waals surface area (Å²) in [4.78, 5) is 34.0. The van der Waals surface area contributed by atoms with E-state index in [1.165, 1.54) is 0 Å². The van der Waals surface area contributed by atoms with Crippen molar-refractivity contribution >= 4 is 38.5 Å². The fraction of sp³-hybridized carbons (Fsp3) is 0.333. The maximum absolute atomic E-state index is 11.8. The molecule has 1 aliphatic rings. The minimum atomic E-state index is -0.264. The molecule has 9 heteroatoms. The van der Waals surface area contributed by atoms with Crippen LogP contribution in [-0.4, -0.2) is 52.9 Å². The van der Waals surface area contributed by atoms with E-state index in [9.17, 15) is 9.59 Å². The Morgan fingerprint density at radius 2 is 2.07 bits per heavy atom. The molecular formula is C21H23N5O3S. The molecule has 0 bridgehead atoms. The molecular weight excluding hydrogens is 402 g/mol. The summed E-state index contributed by atoms with van der Waals surface area (Å²) >= 11 is 1.55. The minimum absolute atomic E-state index is 0.114. The van der Waals surface area contributed by atoms with Crippen LogP contribution in [0.2, 0.25) is 0 Å². The molecule has 1 fully saturated rings. The number of anilines is 1. The lowest BCUT2D eigenvalue weighted by Gasteiger charge is -2.32. The fourth-order valence-electron chi connectivity index (χ4n) is 3.45. The van der Waals surface area contributed by atoms with Crippen LogP contribution in [0.5, 0.6) is 11.5 Å². The van der Waals surface area contributed by atoms with Crippen molar-refractivity contribution in [2.45, 2.75) is 25.8 Å². The van der Waals surface area contributed by atoms with Crippen LogP contribution in [0.15, 0.2) is 36.5 Å². The summed E-state index contributed by atoms with van der Waals surface area (Å²) in [6.07, 6.45) is 3.55. The van der Waals surface area contributed by atoms with E-state index in [0.717, 1.165) is 34.7 Å². The van der Waals surface area contributed by atoms with Gasteiger partial charge in [-0.3, -0.25) is 14.6 Å².